The average molecular weight is 1200 g/mol. The van der Waals surface area contributed by atoms with Crippen LogP contribution in [0.1, 0.15) is 109 Å². The summed E-state index contributed by atoms with van der Waals surface area (Å²) in [6.07, 6.45) is 4.60. The molecule has 2 aromatic rings. The van der Waals surface area contributed by atoms with Gasteiger partial charge in [-0.3, -0.25) is 46.6 Å². The van der Waals surface area contributed by atoms with Gasteiger partial charge in [0.05, 0.1) is 71.3 Å². The molecule has 0 aliphatic carbocycles. The summed E-state index contributed by atoms with van der Waals surface area (Å²) < 4.78 is 71.4. The van der Waals surface area contributed by atoms with Crippen LogP contribution >= 0.6 is 15.6 Å². The highest BCUT2D eigenvalue weighted by Gasteiger charge is 2.44. The Balaban J connectivity index is 1.25. The van der Waals surface area contributed by atoms with Crippen LogP contribution in [0.3, 0.4) is 0 Å². The smallest absolute Gasteiger partial charge is 0.391 e. The number of unbranched alkanes of at least 4 members (excludes halogenated alkanes) is 5. The zero-order valence-corrected chi connectivity index (χ0v) is 48.2. The topological polar surface area (TPSA) is 453 Å². The van der Waals surface area contributed by atoms with Crippen LogP contribution in [0.25, 0.3) is 11.2 Å². The summed E-state index contributed by atoms with van der Waals surface area (Å²) in [6, 6.07) is -0.753. The Bertz CT molecular complexity index is 2250. The van der Waals surface area contributed by atoms with Crippen molar-refractivity contribution in [2.45, 2.75) is 139 Å². The van der Waals surface area contributed by atoms with Gasteiger partial charge in [0, 0.05) is 71.8 Å². The summed E-state index contributed by atoms with van der Waals surface area (Å²) in [4.78, 5) is 98.7. The maximum atomic E-state index is 13.6. The first-order valence-electron chi connectivity index (χ1n) is 27.5. The quantitative estimate of drug-likeness (QED) is 0.0295. The Morgan fingerprint density at radius 1 is 0.704 bits per heavy atom. The Kier molecular flexibility index (Phi) is 31.6. The molecule has 2 fully saturated rings. The minimum absolute atomic E-state index is 0.00524. The number of nitrogens with zero attached hydrogens (tertiary/aromatic N) is 5. The van der Waals surface area contributed by atoms with Gasteiger partial charge < -0.3 is 82.9 Å². The number of carbonyl (C=O) groups excluding carboxylic acids is 5. The van der Waals surface area contributed by atoms with Crippen molar-refractivity contribution >= 4 is 62.2 Å². The number of aliphatic hydroxyl groups is 1. The maximum absolute atomic E-state index is 13.6. The summed E-state index contributed by atoms with van der Waals surface area (Å²) in [7, 11) is -8.44. The van der Waals surface area contributed by atoms with Crippen LogP contribution in [0.4, 0.5) is 5.82 Å². The van der Waals surface area contributed by atoms with E-state index in [4.69, 9.17) is 55.5 Å². The summed E-state index contributed by atoms with van der Waals surface area (Å²) in [5.74, 6) is -1.17. The standard InChI is InChI=1S/C48H87N13O18P2/c1-72-80(68,69)77-29-38-37(26-44(78-38)61-34-58-45-46(52)56-33-57-47(45)61)79-81(70,71)76-28-35-25-36(62)27-60(35)43(67)12-7-5-3-2-4-6-11-42(66)59-48(30-73-22-13-39(63)53-19-8-16-49,31-74-23-14-40(64)54-20-9-17-50)32-75-24-15-41(65)55-21-10-18-51/h33-38,44,62H,2-32,49-51H2,1H3,(H,53,63)(H,54,64)(H,55,65)(H,59,66)(H,68,69)(H,70,71)(H2,52,56,57)/t35-,36+,37-,38+,44+/m0/s1. The number of anilines is 1. The molecule has 2 saturated heterocycles. The van der Waals surface area contributed by atoms with E-state index in [0.717, 1.165) is 20.0 Å². The number of amides is 5. The summed E-state index contributed by atoms with van der Waals surface area (Å²) in [6.45, 7) is 1.27. The number of imidazole rings is 1. The van der Waals surface area contributed by atoms with Crippen molar-refractivity contribution in [3.8, 4) is 0 Å². The predicted octanol–water partition coefficient (Wildman–Crippen LogP) is -0.486. The molecule has 81 heavy (non-hydrogen) atoms. The minimum Gasteiger partial charge on any atom is -0.391 e. The molecule has 33 heteroatoms. The SMILES string of the molecule is COP(=O)(O)OC[C@H]1O[C@@H](n2cnc3c(N)ncnc32)C[C@@H]1OP(=O)(O)OC[C@@H]1C[C@@H](O)CN1C(=O)CCCCCCCCC(=O)NC(COCCC(=O)NCCCN)(COCCC(=O)NCCCN)COCCC(=O)NCCCN. The first-order valence-corrected chi connectivity index (χ1v) is 30.5. The van der Waals surface area contributed by atoms with Crippen molar-refractivity contribution in [1.82, 2.24) is 45.7 Å². The van der Waals surface area contributed by atoms with Gasteiger partial charge in [-0.1, -0.05) is 25.7 Å². The number of β-amino-alcohol motifs (C(OH)–C–C–N with tert-alkyl or cyclic N) is 1. The molecule has 7 atom stereocenters. The second kappa shape index (κ2) is 37.0. The number of rotatable bonds is 44. The molecular weight excluding hydrogens is 1110 g/mol. The lowest BCUT2D eigenvalue weighted by Crippen LogP contribution is -2.58. The van der Waals surface area contributed by atoms with Crippen molar-refractivity contribution in [2.75, 3.05) is 112 Å². The zero-order chi connectivity index (χ0) is 59.1. The molecule has 5 amide bonds. The average Bonchev–Trinajstić information content (AvgIpc) is 4.23. The van der Waals surface area contributed by atoms with Gasteiger partial charge in [-0.25, -0.2) is 24.1 Å². The van der Waals surface area contributed by atoms with Crippen molar-refractivity contribution in [3.05, 3.63) is 12.7 Å². The third-order valence-corrected chi connectivity index (χ3v) is 15.0. The minimum atomic E-state index is -4.91. The zero-order valence-electron chi connectivity index (χ0n) is 46.4. The maximum Gasteiger partial charge on any atom is 0.472 e. The van der Waals surface area contributed by atoms with Gasteiger partial charge in [0.2, 0.25) is 29.5 Å². The van der Waals surface area contributed by atoms with Gasteiger partial charge in [0.15, 0.2) is 11.5 Å². The van der Waals surface area contributed by atoms with E-state index in [2.05, 4.69) is 40.7 Å². The molecule has 4 heterocycles. The molecule has 0 spiro atoms. The monoisotopic (exact) mass is 1200 g/mol. The number of fused-ring (bicyclic) bond motifs is 1. The number of aromatic nitrogens is 4. The normalized spacial score (nSPS) is 19.8. The summed E-state index contributed by atoms with van der Waals surface area (Å²) >= 11 is 0. The number of ether oxygens (including phenoxy) is 4. The fourth-order valence-electron chi connectivity index (χ4n) is 8.73. The van der Waals surface area contributed by atoms with Gasteiger partial charge in [-0.2, -0.15) is 0 Å². The van der Waals surface area contributed by atoms with Crippen LogP contribution in [0.5, 0.6) is 0 Å². The fraction of sp³-hybridized carbons (Fsp3) is 0.792. The number of nitrogen functional groups attached to an aromatic ring is 1. The number of likely N-dealkylation sites (tertiary alicyclic amines) is 1. The van der Waals surface area contributed by atoms with Crippen molar-refractivity contribution < 1.29 is 85.0 Å². The predicted molar refractivity (Wildman–Crippen MR) is 292 cm³/mol. The summed E-state index contributed by atoms with van der Waals surface area (Å²) in [5, 5.41) is 21.9. The number of carbonyl (C=O) groups is 5. The Morgan fingerprint density at radius 3 is 1.78 bits per heavy atom. The number of aliphatic hydroxyl groups excluding tert-OH is 1. The third-order valence-electron chi connectivity index (χ3n) is 13.0. The molecule has 31 nitrogen and oxygen atoms in total. The van der Waals surface area contributed by atoms with Gasteiger partial charge in [-0.15, -0.1) is 0 Å². The van der Waals surface area contributed by atoms with Gasteiger partial charge in [0.1, 0.15) is 35.8 Å². The second-order valence-corrected chi connectivity index (χ2v) is 22.7. The van der Waals surface area contributed by atoms with Crippen molar-refractivity contribution in [2.24, 2.45) is 17.2 Å². The van der Waals surface area contributed by atoms with Crippen LogP contribution in [0.2, 0.25) is 0 Å². The van der Waals surface area contributed by atoms with E-state index < -0.39 is 65.0 Å². The van der Waals surface area contributed by atoms with Crippen molar-refractivity contribution in [1.29, 1.82) is 0 Å². The molecule has 0 saturated carbocycles. The molecule has 0 aromatic carbocycles. The number of nitrogens with one attached hydrogen (secondary N) is 4. The number of nitrogens with two attached hydrogens (primary N) is 4. The Morgan fingerprint density at radius 2 is 1.23 bits per heavy atom. The van der Waals surface area contributed by atoms with Crippen molar-refractivity contribution in [3.63, 3.8) is 0 Å². The molecule has 0 bridgehead atoms. The molecule has 4 rings (SSSR count). The number of phosphoric ester groups is 2. The molecule has 2 aliphatic heterocycles. The van der Waals surface area contributed by atoms with E-state index in [1.165, 1.54) is 22.1 Å². The third kappa shape index (κ3) is 26.0. The van der Waals surface area contributed by atoms with Crippen LogP contribution in [0.15, 0.2) is 12.7 Å². The van der Waals surface area contributed by atoms with Crippen LogP contribution < -0.4 is 44.2 Å². The van der Waals surface area contributed by atoms with Crippen LogP contribution in [0, 0.1) is 0 Å². The number of phosphoric acid groups is 2. The highest BCUT2D eigenvalue weighted by molar-refractivity contribution is 7.47. The molecule has 2 aliphatic rings. The van der Waals surface area contributed by atoms with Gasteiger partial charge >= 0.3 is 15.6 Å². The molecule has 15 N–H and O–H groups in total. The van der Waals surface area contributed by atoms with Crippen LogP contribution in [-0.2, 0) is 70.1 Å². The van der Waals surface area contributed by atoms with Crippen LogP contribution in [-0.4, -0.2) is 205 Å². The van der Waals surface area contributed by atoms with Gasteiger partial charge in [-0.05, 0) is 58.2 Å². The Hall–Kier alpha value is -4.40. The second-order valence-electron chi connectivity index (χ2n) is 19.7. The molecule has 2 unspecified atom stereocenters. The lowest BCUT2D eigenvalue weighted by atomic mass is 10.0. The van der Waals surface area contributed by atoms with E-state index in [9.17, 15) is 48.0 Å². The largest absolute Gasteiger partial charge is 0.472 e. The highest BCUT2D eigenvalue weighted by Crippen LogP contribution is 2.50. The lowest BCUT2D eigenvalue weighted by molar-refractivity contribution is -0.133. The molecule has 462 valence electrons. The first kappa shape index (κ1) is 69.1. The first-order chi connectivity index (χ1) is 38.8. The highest BCUT2D eigenvalue weighted by atomic mass is 31.2. The lowest BCUT2D eigenvalue weighted by Gasteiger charge is -2.34. The Labute approximate surface area is 471 Å². The fourth-order valence-corrected chi connectivity index (χ4v) is 10.2. The number of hydrogen-bond donors (Lipinski definition) is 11. The van der Waals surface area contributed by atoms with E-state index in [1.807, 2.05) is 0 Å². The van der Waals surface area contributed by atoms with E-state index in [-0.39, 0.29) is 132 Å². The van der Waals surface area contributed by atoms with Gasteiger partial charge in [0.25, 0.3) is 0 Å². The number of hydrogen-bond acceptors (Lipinski definition) is 23. The van der Waals surface area contributed by atoms with E-state index in [0.29, 0.717) is 89.9 Å². The molecule has 2 aromatic heterocycles. The van der Waals surface area contributed by atoms with E-state index in [1.54, 1.807) is 0 Å². The summed E-state index contributed by atoms with van der Waals surface area (Å²) in [5.41, 5.74) is 21.8. The molecule has 0 radical (unpaired) electrons. The molecular formula is C48H87N13O18P2. The van der Waals surface area contributed by atoms with E-state index >= 15 is 0 Å².